The molecule has 25 heavy (non-hydrogen) atoms. The maximum atomic E-state index is 12.5. The number of hydrogen-bond acceptors (Lipinski definition) is 4. The lowest BCUT2D eigenvalue weighted by molar-refractivity contribution is -0.384. The predicted octanol–water partition coefficient (Wildman–Crippen LogP) is 4.10. The molecule has 0 radical (unpaired) electrons. The Kier molecular flexibility index (Phi) is 4.62. The maximum absolute atomic E-state index is 12.5. The molecule has 0 bridgehead atoms. The zero-order chi connectivity index (χ0) is 18.0. The molecular formula is C17H13BrN4O3. The summed E-state index contributed by atoms with van der Waals surface area (Å²) in [6.45, 7) is 1.79. The molecule has 0 spiro atoms. The van der Waals surface area contributed by atoms with Gasteiger partial charge in [0.1, 0.15) is 0 Å². The number of nitro groups is 1. The summed E-state index contributed by atoms with van der Waals surface area (Å²) in [5.74, 6) is -0.374. The van der Waals surface area contributed by atoms with E-state index in [0.717, 1.165) is 10.2 Å². The first kappa shape index (κ1) is 16.8. The Morgan fingerprint density at radius 3 is 2.64 bits per heavy atom. The third-order valence-electron chi connectivity index (χ3n) is 3.64. The van der Waals surface area contributed by atoms with Gasteiger partial charge in [-0.1, -0.05) is 22.0 Å². The lowest BCUT2D eigenvalue weighted by atomic mass is 10.2. The number of hydrogen-bond donors (Lipinski definition) is 1. The van der Waals surface area contributed by atoms with E-state index in [4.69, 9.17) is 0 Å². The number of benzene rings is 2. The maximum Gasteiger partial charge on any atom is 0.271 e. The zero-order valence-electron chi connectivity index (χ0n) is 13.1. The van der Waals surface area contributed by atoms with E-state index in [1.54, 1.807) is 17.7 Å². The number of carbonyl (C=O) groups is 1. The Bertz CT molecular complexity index is 951. The van der Waals surface area contributed by atoms with Crippen molar-refractivity contribution in [2.45, 2.75) is 6.92 Å². The summed E-state index contributed by atoms with van der Waals surface area (Å²) in [7, 11) is 0. The van der Waals surface area contributed by atoms with Crippen LogP contribution in [0.15, 0.2) is 59.2 Å². The first-order chi connectivity index (χ1) is 12.0. The summed E-state index contributed by atoms with van der Waals surface area (Å²) in [6, 6.07) is 13.3. The van der Waals surface area contributed by atoms with E-state index in [0.29, 0.717) is 16.9 Å². The molecule has 0 fully saturated rings. The number of nitrogens with one attached hydrogen (secondary N) is 1. The molecule has 1 amide bonds. The molecule has 7 nitrogen and oxygen atoms in total. The minimum absolute atomic E-state index is 0.0833. The van der Waals surface area contributed by atoms with Crippen LogP contribution in [0.4, 0.5) is 11.4 Å². The van der Waals surface area contributed by atoms with Crippen molar-refractivity contribution in [3.63, 3.8) is 0 Å². The van der Waals surface area contributed by atoms with E-state index < -0.39 is 4.92 Å². The van der Waals surface area contributed by atoms with Crippen LogP contribution in [0.1, 0.15) is 16.1 Å². The predicted molar refractivity (Wildman–Crippen MR) is 97.1 cm³/mol. The topological polar surface area (TPSA) is 90.1 Å². The number of halogens is 1. The molecule has 0 aliphatic carbocycles. The molecule has 0 aliphatic rings. The lowest BCUT2D eigenvalue weighted by Gasteiger charge is -2.07. The van der Waals surface area contributed by atoms with Gasteiger partial charge in [0.05, 0.1) is 28.1 Å². The third kappa shape index (κ3) is 3.58. The van der Waals surface area contributed by atoms with Crippen LogP contribution in [0.25, 0.3) is 5.69 Å². The first-order valence-corrected chi connectivity index (χ1v) is 8.11. The van der Waals surface area contributed by atoms with Gasteiger partial charge in [-0.15, -0.1) is 0 Å². The van der Waals surface area contributed by atoms with Crippen LogP contribution in [-0.4, -0.2) is 20.6 Å². The van der Waals surface area contributed by atoms with Crippen LogP contribution in [0.5, 0.6) is 0 Å². The molecule has 1 heterocycles. The summed E-state index contributed by atoms with van der Waals surface area (Å²) in [4.78, 5) is 22.8. The van der Waals surface area contributed by atoms with Gasteiger partial charge in [-0.05, 0) is 37.3 Å². The number of amides is 1. The van der Waals surface area contributed by atoms with Gasteiger partial charge in [0.15, 0.2) is 0 Å². The summed E-state index contributed by atoms with van der Waals surface area (Å²) in [5, 5.41) is 17.7. The molecule has 0 aliphatic heterocycles. The summed E-state index contributed by atoms with van der Waals surface area (Å²) in [6.07, 6.45) is 1.48. The van der Waals surface area contributed by atoms with Gasteiger partial charge in [0.25, 0.3) is 11.6 Å². The summed E-state index contributed by atoms with van der Waals surface area (Å²) in [5.41, 5.74) is 2.17. The van der Waals surface area contributed by atoms with Crippen LogP contribution < -0.4 is 5.32 Å². The van der Waals surface area contributed by atoms with Gasteiger partial charge in [-0.25, -0.2) is 4.68 Å². The average Bonchev–Trinajstić information content (AvgIpc) is 2.97. The normalized spacial score (nSPS) is 10.5. The second-order valence-corrected chi connectivity index (χ2v) is 6.21. The van der Waals surface area contributed by atoms with Crippen LogP contribution in [0.3, 0.4) is 0 Å². The number of rotatable bonds is 4. The highest BCUT2D eigenvalue weighted by atomic mass is 79.9. The summed E-state index contributed by atoms with van der Waals surface area (Å²) >= 11 is 3.38. The Morgan fingerprint density at radius 1 is 1.24 bits per heavy atom. The fraction of sp³-hybridized carbons (Fsp3) is 0.0588. The quantitative estimate of drug-likeness (QED) is 0.527. The number of non-ortho nitro benzene ring substituents is 1. The van der Waals surface area contributed by atoms with E-state index in [1.807, 2.05) is 24.3 Å². The molecule has 2 aromatic carbocycles. The van der Waals surface area contributed by atoms with E-state index in [2.05, 4.69) is 26.3 Å². The van der Waals surface area contributed by atoms with Crippen LogP contribution >= 0.6 is 15.9 Å². The number of carbonyl (C=O) groups excluding carboxylic acids is 1. The largest absolute Gasteiger partial charge is 0.322 e. The lowest BCUT2D eigenvalue weighted by Crippen LogP contribution is -2.13. The molecular weight excluding hydrogens is 388 g/mol. The molecule has 3 aromatic rings. The number of aromatic nitrogens is 2. The fourth-order valence-corrected chi connectivity index (χ4v) is 2.64. The van der Waals surface area contributed by atoms with Crippen molar-refractivity contribution in [3.05, 3.63) is 80.6 Å². The molecule has 0 unspecified atom stereocenters. The van der Waals surface area contributed by atoms with Gasteiger partial charge in [-0.2, -0.15) is 5.10 Å². The second-order valence-electron chi connectivity index (χ2n) is 5.29. The minimum atomic E-state index is -0.507. The van der Waals surface area contributed by atoms with Crippen molar-refractivity contribution in [2.24, 2.45) is 0 Å². The number of anilines is 1. The van der Waals surface area contributed by atoms with Crippen molar-refractivity contribution in [3.8, 4) is 5.69 Å². The van der Waals surface area contributed by atoms with Crippen molar-refractivity contribution in [2.75, 3.05) is 5.32 Å². The average molecular weight is 401 g/mol. The van der Waals surface area contributed by atoms with E-state index >= 15 is 0 Å². The van der Waals surface area contributed by atoms with Crippen molar-refractivity contribution in [1.29, 1.82) is 0 Å². The van der Waals surface area contributed by atoms with E-state index in [9.17, 15) is 14.9 Å². The van der Waals surface area contributed by atoms with Crippen molar-refractivity contribution in [1.82, 2.24) is 9.78 Å². The van der Waals surface area contributed by atoms with Crippen LogP contribution in [-0.2, 0) is 0 Å². The third-order valence-corrected chi connectivity index (χ3v) is 4.17. The highest BCUT2D eigenvalue weighted by molar-refractivity contribution is 9.10. The van der Waals surface area contributed by atoms with Gasteiger partial charge >= 0.3 is 0 Å². The molecule has 3 rings (SSSR count). The van der Waals surface area contributed by atoms with Gasteiger partial charge in [0, 0.05) is 22.3 Å². The molecule has 8 heteroatoms. The fourth-order valence-electron chi connectivity index (χ4n) is 2.37. The smallest absolute Gasteiger partial charge is 0.271 e. The van der Waals surface area contributed by atoms with E-state index in [1.165, 1.54) is 24.4 Å². The molecule has 1 N–H and O–H groups in total. The molecule has 1 aromatic heterocycles. The second kappa shape index (κ2) is 6.86. The van der Waals surface area contributed by atoms with Crippen LogP contribution in [0, 0.1) is 17.0 Å². The van der Waals surface area contributed by atoms with E-state index in [-0.39, 0.29) is 11.6 Å². The first-order valence-electron chi connectivity index (χ1n) is 7.32. The van der Waals surface area contributed by atoms with Gasteiger partial charge in [-0.3, -0.25) is 14.9 Å². The molecule has 0 saturated carbocycles. The Labute approximate surface area is 151 Å². The standard InChI is InChI=1S/C17H13BrN4O3/c1-11-16(10-19-21(11)14-7-5-12(18)6-8-14)17(23)20-13-3-2-4-15(9-13)22(24)25/h2-10H,1H3,(H,20,23). The van der Waals surface area contributed by atoms with Gasteiger partial charge < -0.3 is 5.32 Å². The monoisotopic (exact) mass is 400 g/mol. The molecule has 126 valence electrons. The highest BCUT2D eigenvalue weighted by Gasteiger charge is 2.16. The minimum Gasteiger partial charge on any atom is -0.322 e. The molecule has 0 saturated heterocycles. The number of nitro benzene ring substituents is 1. The zero-order valence-corrected chi connectivity index (χ0v) is 14.7. The van der Waals surface area contributed by atoms with Crippen molar-refractivity contribution < 1.29 is 9.72 Å². The molecule has 0 atom stereocenters. The van der Waals surface area contributed by atoms with Gasteiger partial charge in [0.2, 0.25) is 0 Å². The Balaban J connectivity index is 1.85. The number of nitrogens with zero attached hydrogens (tertiary/aromatic N) is 3. The highest BCUT2D eigenvalue weighted by Crippen LogP contribution is 2.20. The van der Waals surface area contributed by atoms with Crippen molar-refractivity contribution >= 4 is 33.2 Å². The van der Waals surface area contributed by atoms with Crippen LogP contribution in [0.2, 0.25) is 0 Å². The SMILES string of the molecule is Cc1c(C(=O)Nc2cccc([N+](=O)[O-])c2)cnn1-c1ccc(Br)cc1. The Hall–Kier alpha value is -3.00. The summed E-state index contributed by atoms with van der Waals surface area (Å²) < 4.78 is 2.61. The Morgan fingerprint density at radius 2 is 1.96 bits per heavy atom.